The molecule has 1 aromatic heterocycles. The molecule has 2 heterocycles. The number of para-hydroxylation sites is 1. The van der Waals surface area contributed by atoms with Crippen LogP contribution in [0.25, 0.3) is 0 Å². The van der Waals surface area contributed by atoms with E-state index in [0.29, 0.717) is 37.6 Å². The first kappa shape index (κ1) is 19.1. The monoisotopic (exact) mass is 393 g/mol. The number of anilines is 1. The maximum Gasteiger partial charge on any atom is 0.276 e. The second-order valence-corrected chi connectivity index (χ2v) is 7.35. The van der Waals surface area contributed by atoms with E-state index in [0.717, 1.165) is 6.42 Å². The number of hydrogen-bond donors (Lipinski definition) is 0. The summed E-state index contributed by atoms with van der Waals surface area (Å²) >= 11 is 0. The molecule has 1 saturated heterocycles. The number of carbonyl (C=O) groups is 1. The lowest BCUT2D eigenvalue weighted by Crippen LogP contribution is -2.54. The smallest absolute Gasteiger partial charge is 0.276 e. The predicted octanol–water partition coefficient (Wildman–Crippen LogP) is 3.01. The fourth-order valence-electron chi connectivity index (χ4n) is 3.73. The maximum atomic E-state index is 14.1. The summed E-state index contributed by atoms with van der Waals surface area (Å²) in [6.45, 7) is 4.32. The zero-order chi connectivity index (χ0) is 20.2. The minimum Gasteiger partial charge on any atom is -0.365 e. The zero-order valence-corrected chi connectivity index (χ0v) is 16.4. The highest BCUT2D eigenvalue weighted by Gasteiger charge is 2.30. The second-order valence-electron chi connectivity index (χ2n) is 7.35. The summed E-state index contributed by atoms with van der Waals surface area (Å²) in [7, 11) is 0. The normalized spacial score (nSPS) is 16.8. The van der Waals surface area contributed by atoms with Crippen LogP contribution < -0.4 is 4.90 Å². The van der Waals surface area contributed by atoms with E-state index in [1.54, 1.807) is 27.9 Å². The Morgan fingerprint density at radius 2 is 1.86 bits per heavy atom. The van der Waals surface area contributed by atoms with Gasteiger partial charge in [-0.2, -0.15) is 0 Å². The molecule has 29 heavy (non-hydrogen) atoms. The Bertz CT molecular complexity index is 974. The molecule has 1 aliphatic heterocycles. The van der Waals surface area contributed by atoms with Gasteiger partial charge in [0.2, 0.25) is 0 Å². The van der Waals surface area contributed by atoms with Crippen molar-refractivity contribution in [3.8, 4) is 0 Å². The summed E-state index contributed by atoms with van der Waals surface area (Å²) in [5, 5.41) is 8.18. The third-order valence-electron chi connectivity index (χ3n) is 5.31. The lowest BCUT2D eigenvalue weighted by Gasteiger charge is -2.40. The van der Waals surface area contributed by atoms with E-state index < -0.39 is 0 Å². The van der Waals surface area contributed by atoms with E-state index in [-0.39, 0.29) is 17.8 Å². The molecular weight excluding hydrogens is 369 g/mol. The molecular formula is C22H24FN5O. The third-order valence-corrected chi connectivity index (χ3v) is 5.31. The number of amides is 1. The van der Waals surface area contributed by atoms with Gasteiger partial charge in [0.1, 0.15) is 5.82 Å². The Morgan fingerprint density at radius 1 is 1.10 bits per heavy atom. The highest BCUT2D eigenvalue weighted by molar-refractivity contribution is 5.92. The third kappa shape index (κ3) is 4.29. The topological polar surface area (TPSA) is 54.3 Å². The molecule has 150 valence electrons. The fraction of sp³-hybridized carbons (Fsp3) is 0.318. The van der Waals surface area contributed by atoms with Gasteiger partial charge < -0.3 is 9.80 Å². The minimum atomic E-state index is -0.235. The fourth-order valence-corrected chi connectivity index (χ4v) is 3.73. The Labute approximate surface area is 169 Å². The lowest BCUT2D eigenvalue weighted by molar-refractivity contribution is 0.0667. The van der Waals surface area contributed by atoms with Crippen LogP contribution in [0.5, 0.6) is 0 Å². The van der Waals surface area contributed by atoms with Crippen LogP contribution in [0.2, 0.25) is 0 Å². The maximum absolute atomic E-state index is 14.1. The van der Waals surface area contributed by atoms with Gasteiger partial charge in [0.05, 0.1) is 11.9 Å². The Morgan fingerprint density at radius 3 is 2.62 bits per heavy atom. The van der Waals surface area contributed by atoms with Crippen LogP contribution in [0.3, 0.4) is 0 Å². The molecule has 1 aliphatic rings. The number of piperazine rings is 1. The van der Waals surface area contributed by atoms with Crippen molar-refractivity contribution >= 4 is 11.6 Å². The van der Waals surface area contributed by atoms with Crippen LogP contribution >= 0.6 is 0 Å². The lowest BCUT2D eigenvalue weighted by atomic mass is 10.1. The molecule has 1 atom stereocenters. The van der Waals surface area contributed by atoms with Gasteiger partial charge in [-0.15, -0.1) is 5.10 Å². The molecule has 3 aromatic rings. The second kappa shape index (κ2) is 8.43. The molecule has 6 nitrogen and oxygen atoms in total. The highest BCUT2D eigenvalue weighted by Crippen LogP contribution is 2.23. The molecule has 1 amide bonds. The molecule has 0 N–H and O–H groups in total. The van der Waals surface area contributed by atoms with Gasteiger partial charge in [0.15, 0.2) is 5.69 Å². The summed E-state index contributed by atoms with van der Waals surface area (Å²) < 4.78 is 15.8. The summed E-state index contributed by atoms with van der Waals surface area (Å²) in [5.74, 6) is -0.363. The summed E-state index contributed by atoms with van der Waals surface area (Å²) in [5.41, 5.74) is 2.15. The van der Waals surface area contributed by atoms with Gasteiger partial charge in [-0.05, 0) is 31.0 Å². The summed E-state index contributed by atoms with van der Waals surface area (Å²) in [6.07, 6.45) is 2.54. The number of benzene rings is 2. The van der Waals surface area contributed by atoms with Gasteiger partial charge in [-0.3, -0.25) is 9.48 Å². The average Bonchev–Trinajstić information content (AvgIpc) is 3.22. The Balaban J connectivity index is 1.38. The van der Waals surface area contributed by atoms with E-state index in [1.807, 2.05) is 36.1 Å². The van der Waals surface area contributed by atoms with E-state index >= 15 is 0 Å². The van der Waals surface area contributed by atoms with Gasteiger partial charge in [0.25, 0.3) is 5.91 Å². The molecule has 7 heteroatoms. The van der Waals surface area contributed by atoms with Crippen molar-refractivity contribution in [1.29, 1.82) is 0 Å². The van der Waals surface area contributed by atoms with Crippen molar-refractivity contribution < 1.29 is 9.18 Å². The van der Waals surface area contributed by atoms with E-state index in [9.17, 15) is 9.18 Å². The van der Waals surface area contributed by atoms with Crippen molar-refractivity contribution in [2.45, 2.75) is 25.9 Å². The Kier molecular flexibility index (Phi) is 5.55. The van der Waals surface area contributed by atoms with Crippen molar-refractivity contribution in [2.24, 2.45) is 0 Å². The van der Waals surface area contributed by atoms with Gasteiger partial charge in [-0.1, -0.05) is 47.7 Å². The van der Waals surface area contributed by atoms with Crippen LogP contribution in [0.15, 0.2) is 60.8 Å². The average molecular weight is 393 g/mol. The summed E-state index contributed by atoms with van der Waals surface area (Å²) in [4.78, 5) is 16.7. The standard InChI is InChI=1S/C22H24FN5O/c1-17-15-26(21-10-6-5-9-19(21)23)13-14-28(17)22(29)20-16-27(25-24-20)12-11-18-7-3-2-4-8-18/h2-10,16-17H,11-15H2,1H3. The minimum absolute atomic E-state index is 0.0506. The first-order chi connectivity index (χ1) is 14.1. The van der Waals surface area contributed by atoms with E-state index in [1.165, 1.54) is 11.6 Å². The number of aryl methyl sites for hydroxylation is 2. The molecule has 4 rings (SSSR count). The summed E-state index contributed by atoms with van der Waals surface area (Å²) in [6, 6.07) is 16.8. The van der Waals surface area contributed by atoms with Crippen LogP contribution in [-0.2, 0) is 13.0 Å². The number of rotatable bonds is 5. The quantitative estimate of drug-likeness (QED) is 0.669. The number of nitrogens with zero attached hydrogens (tertiary/aromatic N) is 5. The molecule has 1 unspecified atom stereocenters. The SMILES string of the molecule is CC1CN(c2ccccc2F)CCN1C(=O)c1cn(CCc2ccccc2)nn1. The van der Waals surface area contributed by atoms with Crippen LogP contribution in [-0.4, -0.2) is 51.5 Å². The van der Waals surface area contributed by atoms with Crippen molar-refractivity contribution in [3.63, 3.8) is 0 Å². The van der Waals surface area contributed by atoms with Crippen LogP contribution in [0, 0.1) is 5.82 Å². The molecule has 0 radical (unpaired) electrons. The van der Waals surface area contributed by atoms with Crippen LogP contribution in [0.1, 0.15) is 23.0 Å². The predicted molar refractivity (Wildman–Crippen MR) is 109 cm³/mol. The largest absolute Gasteiger partial charge is 0.365 e. The van der Waals surface area contributed by atoms with E-state index in [2.05, 4.69) is 22.4 Å². The first-order valence-electron chi connectivity index (χ1n) is 9.86. The number of hydrogen-bond acceptors (Lipinski definition) is 4. The van der Waals surface area contributed by atoms with Gasteiger partial charge in [0, 0.05) is 32.2 Å². The van der Waals surface area contributed by atoms with Crippen molar-refractivity contribution in [2.75, 3.05) is 24.5 Å². The Hall–Kier alpha value is -3.22. The molecule has 0 saturated carbocycles. The highest BCUT2D eigenvalue weighted by atomic mass is 19.1. The molecule has 2 aromatic carbocycles. The van der Waals surface area contributed by atoms with Crippen molar-refractivity contribution in [3.05, 3.63) is 77.9 Å². The first-order valence-corrected chi connectivity index (χ1v) is 9.86. The van der Waals surface area contributed by atoms with Crippen LogP contribution in [0.4, 0.5) is 10.1 Å². The molecule has 0 spiro atoms. The molecule has 0 bridgehead atoms. The van der Waals surface area contributed by atoms with Gasteiger partial charge >= 0.3 is 0 Å². The van der Waals surface area contributed by atoms with Crippen molar-refractivity contribution in [1.82, 2.24) is 19.9 Å². The number of carbonyl (C=O) groups excluding carboxylic acids is 1. The molecule has 1 fully saturated rings. The number of aromatic nitrogens is 3. The van der Waals surface area contributed by atoms with E-state index in [4.69, 9.17) is 0 Å². The number of halogens is 1. The molecule has 0 aliphatic carbocycles. The zero-order valence-electron chi connectivity index (χ0n) is 16.4. The van der Waals surface area contributed by atoms with Gasteiger partial charge in [-0.25, -0.2) is 4.39 Å².